The Morgan fingerprint density at radius 3 is 3.00 bits per heavy atom. The molecule has 0 amide bonds. The van der Waals surface area contributed by atoms with Gasteiger partial charge in [-0.15, -0.1) is 0 Å². The molecule has 12 heavy (non-hydrogen) atoms. The molecule has 1 aliphatic rings. The van der Waals surface area contributed by atoms with E-state index in [1.807, 2.05) is 12.3 Å². The summed E-state index contributed by atoms with van der Waals surface area (Å²) in [7, 11) is 0. The van der Waals surface area contributed by atoms with Gasteiger partial charge in [0, 0.05) is 6.20 Å². The molecule has 0 aliphatic heterocycles. The van der Waals surface area contributed by atoms with E-state index in [-0.39, 0.29) is 0 Å². The number of aromatic nitrogens is 1. The van der Waals surface area contributed by atoms with E-state index in [1.54, 1.807) is 0 Å². The van der Waals surface area contributed by atoms with Crippen LogP contribution in [0.4, 0.5) is 0 Å². The molecule has 2 atom stereocenters. The van der Waals surface area contributed by atoms with Gasteiger partial charge in [0.15, 0.2) is 0 Å². The van der Waals surface area contributed by atoms with Crippen LogP contribution < -0.4 is 0 Å². The molecular weight excluding hydrogens is 146 g/mol. The van der Waals surface area contributed by atoms with E-state index in [0.29, 0.717) is 11.8 Å². The first-order valence-electron chi connectivity index (χ1n) is 4.42. The zero-order chi connectivity index (χ0) is 8.55. The van der Waals surface area contributed by atoms with Crippen molar-refractivity contribution in [3.8, 4) is 0 Å². The predicted molar refractivity (Wildman–Crippen MR) is 50.9 cm³/mol. The zero-order valence-electron chi connectivity index (χ0n) is 7.49. The largest absolute Gasteiger partial charge is 0.257 e. The highest BCUT2D eigenvalue weighted by Gasteiger charge is 2.18. The average molecular weight is 159 g/mol. The van der Waals surface area contributed by atoms with Crippen LogP contribution in [0.25, 0.3) is 6.08 Å². The summed E-state index contributed by atoms with van der Waals surface area (Å²) in [5.74, 6) is 1.25. The molecule has 0 bridgehead atoms. The highest BCUT2D eigenvalue weighted by molar-refractivity contribution is 5.53. The van der Waals surface area contributed by atoms with Crippen LogP contribution in [-0.4, -0.2) is 4.98 Å². The molecule has 2 unspecified atom stereocenters. The highest BCUT2D eigenvalue weighted by atomic mass is 14.7. The Balaban J connectivity index is 2.52. The molecule has 1 aromatic heterocycles. The van der Waals surface area contributed by atoms with Crippen molar-refractivity contribution >= 4 is 6.08 Å². The van der Waals surface area contributed by atoms with Gasteiger partial charge in [0.2, 0.25) is 0 Å². The normalized spacial score (nSPS) is 26.8. The van der Waals surface area contributed by atoms with Crippen molar-refractivity contribution in [3.63, 3.8) is 0 Å². The third kappa shape index (κ3) is 1.06. The maximum absolute atomic E-state index is 4.32. The lowest BCUT2D eigenvalue weighted by molar-refractivity contribution is 0.583. The number of fused-ring (bicyclic) bond motifs is 1. The van der Waals surface area contributed by atoms with Crippen LogP contribution >= 0.6 is 0 Å². The second-order valence-corrected chi connectivity index (χ2v) is 3.48. The Morgan fingerprint density at radius 2 is 2.17 bits per heavy atom. The van der Waals surface area contributed by atoms with E-state index in [4.69, 9.17) is 0 Å². The fraction of sp³-hybridized carbons (Fsp3) is 0.364. The van der Waals surface area contributed by atoms with Gasteiger partial charge in [-0.05, 0) is 29.5 Å². The summed E-state index contributed by atoms with van der Waals surface area (Å²) in [4.78, 5) is 4.32. The molecule has 1 heteroatoms. The van der Waals surface area contributed by atoms with E-state index >= 15 is 0 Å². The van der Waals surface area contributed by atoms with Crippen LogP contribution in [0.5, 0.6) is 0 Å². The standard InChI is InChI=1S/C11H13N/c1-8-5-6-11-10(9(8)2)4-3-7-12-11/h3-9H,1-2H3. The molecule has 0 saturated carbocycles. The molecule has 0 saturated heterocycles. The Morgan fingerprint density at radius 1 is 1.33 bits per heavy atom. The van der Waals surface area contributed by atoms with E-state index in [9.17, 15) is 0 Å². The van der Waals surface area contributed by atoms with Crippen LogP contribution in [-0.2, 0) is 0 Å². The molecule has 1 aromatic rings. The van der Waals surface area contributed by atoms with E-state index in [1.165, 1.54) is 5.56 Å². The third-order valence-corrected chi connectivity index (χ3v) is 2.71. The smallest absolute Gasteiger partial charge is 0.0661 e. The number of nitrogens with zero attached hydrogens (tertiary/aromatic N) is 1. The third-order valence-electron chi connectivity index (χ3n) is 2.71. The topological polar surface area (TPSA) is 12.9 Å². The second-order valence-electron chi connectivity index (χ2n) is 3.48. The molecule has 0 spiro atoms. The lowest BCUT2D eigenvalue weighted by atomic mass is 9.84. The first-order valence-corrected chi connectivity index (χ1v) is 4.42. The highest BCUT2D eigenvalue weighted by Crippen LogP contribution is 2.31. The molecule has 1 aliphatic carbocycles. The van der Waals surface area contributed by atoms with Gasteiger partial charge in [0.1, 0.15) is 0 Å². The van der Waals surface area contributed by atoms with Gasteiger partial charge in [-0.2, -0.15) is 0 Å². The SMILES string of the molecule is CC1C=Cc2ncccc2C1C. The summed E-state index contributed by atoms with van der Waals surface area (Å²) < 4.78 is 0. The van der Waals surface area contributed by atoms with Gasteiger partial charge in [0.05, 0.1) is 5.69 Å². The summed E-state index contributed by atoms with van der Waals surface area (Å²) in [5, 5.41) is 0. The van der Waals surface area contributed by atoms with Gasteiger partial charge in [-0.3, -0.25) is 4.98 Å². The molecule has 62 valence electrons. The number of rotatable bonds is 0. The number of hydrogen-bond donors (Lipinski definition) is 0. The van der Waals surface area contributed by atoms with E-state index < -0.39 is 0 Å². The van der Waals surface area contributed by atoms with Crippen LogP contribution in [0.15, 0.2) is 24.4 Å². The summed E-state index contributed by atoms with van der Waals surface area (Å²) in [6, 6.07) is 4.19. The summed E-state index contributed by atoms with van der Waals surface area (Å²) in [5.41, 5.74) is 2.52. The summed E-state index contributed by atoms with van der Waals surface area (Å²) in [6.07, 6.45) is 6.21. The van der Waals surface area contributed by atoms with Crippen molar-refractivity contribution in [2.75, 3.05) is 0 Å². The molecule has 0 aromatic carbocycles. The Kier molecular flexibility index (Phi) is 1.72. The van der Waals surface area contributed by atoms with Gasteiger partial charge >= 0.3 is 0 Å². The van der Waals surface area contributed by atoms with Gasteiger partial charge in [-0.1, -0.05) is 26.0 Å². The van der Waals surface area contributed by atoms with Crippen molar-refractivity contribution in [1.82, 2.24) is 4.98 Å². The van der Waals surface area contributed by atoms with Gasteiger partial charge in [0.25, 0.3) is 0 Å². The lowest BCUT2D eigenvalue weighted by Gasteiger charge is -2.22. The minimum atomic E-state index is 0.610. The van der Waals surface area contributed by atoms with Crippen molar-refractivity contribution in [2.24, 2.45) is 5.92 Å². The van der Waals surface area contributed by atoms with E-state index in [2.05, 4.69) is 37.0 Å². The van der Waals surface area contributed by atoms with Crippen molar-refractivity contribution in [2.45, 2.75) is 19.8 Å². The van der Waals surface area contributed by atoms with Crippen molar-refractivity contribution in [3.05, 3.63) is 35.7 Å². The molecule has 0 N–H and O–H groups in total. The minimum Gasteiger partial charge on any atom is -0.257 e. The molecule has 2 rings (SSSR count). The zero-order valence-corrected chi connectivity index (χ0v) is 7.49. The molecule has 1 heterocycles. The van der Waals surface area contributed by atoms with Crippen molar-refractivity contribution < 1.29 is 0 Å². The van der Waals surface area contributed by atoms with Crippen LogP contribution in [0.2, 0.25) is 0 Å². The molecular formula is C11H13N. The molecule has 0 fully saturated rings. The quantitative estimate of drug-likeness (QED) is 0.567. The fourth-order valence-electron chi connectivity index (χ4n) is 1.65. The Labute approximate surface area is 73.1 Å². The average Bonchev–Trinajstić information content (AvgIpc) is 2.12. The Bertz CT molecular complexity index is 315. The number of pyridine rings is 1. The predicted octanol–water partition coefficient (Wildman–Crippen LogP) is 2.85. The van der Waals surface area contributed by atoms with Crippen LogP contribution in [0, 0.1) is 5.92 Å². The summed E-state index contributed by atoms with van der Waals surface area (Å²) in [6.45, 7) is 4.51. The second kappa shape index (κ2) is 2.74. The van der Waals surface area contributed by atoms with Crippen LogP contribution in [0.1, 0.15) is 31.0 Å². The number of allylic oxidation sites excluding steroid dienone is 1. The van der Waals surface area contributed by atoms with Gasteiger partial charge in [-0.25, -0.2) is 0 Å². The maximum atomic E-state index is 4.32. The fourth-order valence-corrected chi connectivity index (χ4v) is 1.65. The maximum Gasteiger partial charge on any atom is 0.0661 e. The van der Waals surface area contributed by atoms with Gasteiger partial charge < -0.3 is 0 Å². The monoisotopic (exact) mass is 159 g/mol. The first kappa shape index (κ1) is 7.53. The number of hydrogen-bond acceptors (Lipinski definition) is 1. The minimum absolute atomic E-state index is 0.610. The lowest BCUT2D eigenvalue weighted by Crippen LogP contribution is -2.09. The first-order chi connectivity index (χ1) is 5.79. The summed E-state index contributed by atoms with van der Waals surface area (Å²) >= 11 is 0. The molecule has 1 nitrogen and oxygen atoms in total. The van der Waals surface area contributed by atoms with Crippen molar-refractivity contribution in [1.29, 1.82) is 0 Å². The van der Waals surface area contributed by atoms with E-state index in [0.717, 1.165) is 5.69 Å². The van der Waals surface area contributed by atoms with Crippen LogP contribution in [0.3, 0.4) is 0 Å². The molecule has 0 radical (unpaired) electrons. The Hall–Kier alpha value is -1.11.